The van der Waals surface area contributed by atoms with Gasteiger partial charge >= 0.3 is 6.03 Å². The number of carbonyl (C=O) groups excluding carboxylic acids is 1. The second-order valence-corrected chi connectivity index (χ2v) is 3.91. The number of hydrogen-bond donors (Lipinski definition) is 2. The number of hydrogen-bond acceptors (Lipinski definition) is 4. The van der Waals surface area contributed by atoms with Crippen LogP contribution in [-0.2, 0) is 6.54 Å². The van der Waals surface area contributed by atoms with Crippen molar-refractivity contribution in [3.05, 3.63) is 42.0 Å². The minimum atomic E-state index is -0.286. The highest BCUT2D eigenvalue weighted by atomic mass is 16.2. The number of nitrogens with zero attached hydrogens (tertiary/aromatic N) is 4. The van der Waals surface area contributed by atoms with Gasteiger partial charge in [-0.1, -0.05) is 6.07 Å². The number of aromatic nitrogens is 3. The van der Waals surface area contributed by atoms with Gasteiger partial charge in [0.15, 0.2) is 0 Å². The monoisotopic (exact) mass is 256 g/mol. The molecule has 2 aromatic rings. The van der Waals surface area contributed by atoms with Crippen LogP contribution < -0.4 is 5.32 Å². The molecular formula is C12H12N6O. The molecule has 1 aromatic heterocycles. The second-order valence-electron chi connectivity index (χ2n) is 3.91. The van der Waals surface area contributed by atoms with Gasteiger partial charge in [-0.3, -0.25) is 5.10 Å². The van der Waals surface area contributed by atoms with Gasteiger partial charge < -0.3 is 10.2 Å². The summed E-state index contributed by atoms with van der Waals surface area (Å²) in [6.07, 6.45) is 1.39. The van der Waals surface area contributed by atoms with E-state index in [1.54, 1.807) is 31.3 Å². The first-order valence-electron chi connectivity index (χ1n) is 5.55. The lowest BCUT2D eigenvalue weighted by Crippen LogP contribution is -2.31. The molecule has 7 heteroatoms. The Bertz CT molecular complexity index is 601. The first-order chi connectivity index (χ1) is 9.19. The summed E-state index contributed by atoms with van der Waals surface area (Å²) in [7, 11) is 1.64. The van der Waals surface area contributed by atoms with Gasteiger partial charge in [-0.15, -0.1) is 0 Å². The molecule has 0 bridgehead atoms. The Balaban J connectivity index is 1.98. The van der Waals surface area contributed by atoms with E-state index < -0.39 is 0 Å². The summed E-state index contributed by atoms with van der Waals surface area (Å²) in [6, 6.07) is 8.45. The molecule has 2 amide bonds. The van der Waals surface area contributed by atoms with E-state index in [0.29, 0.717) is 23.6 Å². The topological polar surface area (TPSA) is 97.7 Å². The molecule has 0 aliphatic carbocycles. The average molecular weight is 256 g/mol. The van der Waals surface area contributed by atoms with Crippen LogP contribution in [-0.4, -0.2) is 33.2 Å². The zero-order valence-electron chi connectivity index (χ0n) is 10.3. The number of amides is 2. The molecule has 0 saturated heterocycles. The predicted molar refractivity (Wildman–Crippen MR) is 68.0 cm³/mol. The molecule has 2 N–H and O–H groups in total. The quantitative estimate of drug-likeness (QED) is 0.865. The third-order valence-electron chi connectivity index (χ3n) is 2.44. The molecule has 0 radical (unpaired) electrons. The Morgan fingerprint density at radius 3 is 3.11 bits per heavy atom. The predicted octanol–water partition coefficient (Wildman–Crippen LogP) is 1.34. The van der Waals surface area contributed by atoms with Crippen molar-refractivity contribution < 1.29 is 4.79 Å². The molecule has 2 rings (SSSR count). The van der Waals surface area contributed by atoms with Crippen molar-refractivity contribution in [3.8, 4) is 6.07 Å². The van der Waals surface area contributed by atoms with Gasteiger partial charge in [0.05, 0.1) is 18.2 Å². The van der Waals surface area contributed by atoms with Crippen molar-refractivity contribution in [2.75, 3.05) is 12.4 Å². The van der Waals surface area contributed by atoms with Crippen molar-refractivity contribution in [2.45, 2.75) is 6.54 Å². The number of benzene rings is 1. The third-order valence-corrected chi connectivity index (χ3v) is 2.44. The summed E-state index contributed by atoms with van der Waals surface area (Å²) >= 11 is 0. The van der Waals surface area contributed by atoms with E-state index in [1.165, 1.54) is 11.2 Å². The maximum Gasteiger partial charge on any atom is 0.321 e. The van der Waals surface area contributed by atoms with Crippen LogP contribution in [0, 0.1) is 11.3 Å². The fraction of sp³-hybridized carbons (Fsp3) is 0.167. The van der Waals surface area contributed by atoms with Crippen LogP contribution >= 0.6 is 0 Å². The summed E-state index contributed by atoms with van der Waals surface area (Å²) in [5.41, 5.74) is 1.07. The smallest absolute Gasteiger partial charge is 0.320 e. The third kappa shape index (κ3) is 3.29. The Kier molecular flexibility index (Phi) is 3.73. The summed E-state index contributed by atoms with van der Waals surface area (Å²) in [6.45, 7) is 0.323. The molecule has 0 spiro atoms. The molecule has 7 nitrogen and oxygen atoms in total. The number of urea groups is 1. The van der Waals surface area contributed by atoms with Crippen LogP contribution in [0.1, 0.15) is 11.4 Å². The number of nitriles is 1. The Hall–Kier alpha value is -2.88. The highest BCUT2D eigenvalue weighted by Crippen LogP contribution is 2.10. The van der Waals surface area contributed by atoms with Gasteiger partial charge in [0.1, 0.15) is 12.2 Å². The van der Waals surface area contributed by atoms with Gasteiger partial charge in [0.25, 0.3) is 0 Å². The molecule has 1 aromatic carbocycles. The highest BCUT2D eigenvalue weighted by Gasteiger charge is 2.10. The Labute approximate surface area is 109 Å². The lowest BCUT2D eigenvalue weighted by Gasteiger charge is -2.16. The molecule has 0 saturated carbocycles. The van der Waals surface area contributed by atoms with Crippen molar-refractivity contribution in [2.24, 2.45) is 0 Å². The van der Waals surface area contributed by atoms with E-state index >= 15 is 0 Å². The highest BCUT2D eigenvalue weighted by molar-refractivity contribution is 5.89. The molecule has 19 heavy (non-hydrogen) atoms. The molecule has 96 valence electrons. The fourth-order valence-corrected chi connectivity index (χ4v) is 1.49. The van der Waals surface area contributed by atoms with E-state index in [1.807, 2.05) is 6.07 Å². The molecule has 0 fully saturated rings. The van der Waals surface area contributed by atoms with Crippen LogP contribution in [0.4, 0.5) is 10.5 Å². The summed E-state index contributed by atoms with van der Waals surface area (Å²) in [5.74, 6) is 0.600. The standard InChI is InChI=1S/C12H12N6O/c1-18(7-11-14-8-15-17-11)12(19)16-10-4-2-3-9(5-10)6-13/h2-5,8H,7H2,1H3,(H,16,19)(H,14,15,17). The van der Waals surface area contributed by atoms with Gasteiger partial charge in [-0.05, 0) is 18.2 Å². The van der Waals surface area contributed by atoms with Crippen molar-refractivity contribution in [1.29, 1.82) is 5.26 Å². The number of nitrogens with one attached hydrogen (secondary N) is 2. The number of rotatable bonds is 3. The fourth-order valence-electron chi connectivity index (χ4n) is 1.49. The number of aromatic amines is 1. The molecule has 0 atom stereocenters. The van der Waals surface area contributed by atoms with Gasteiger partial charge in [0.2, 0.25) is 0 Å². The van der Waals surface area contributed by atoms with Gasteiger partial charge in [-0.2, -0.15) is 10.4 Å². The van der Waals surface area contributed by atoms with E-state index in [0.717, 1.165) is 0 Å². The minimum absolute atomic E-state index is 0.286. The van der Waals surface area contributed by atoms with Crippen molar-refractivity contribution >= 4 is 11.7 Å². The Morgan fingerprint density at radius 2 is 2.42 bits per heavy atom. The SMILES string of the molecule is CN(Cc1ncn[nH]1)C(=O)Nc1cccc(C#N)c1. The molecule has 0 aliphatic heterocycles. The lowest BCUT2D eigenvalue weighted by atomic mass is 10.2. The molecular weight excluding hydrogens is 244 g/mol. The summed E-state index contributed by atoms with van der Waals surface area (Å²) in [4.78, 5) is 17.3. The first-order valence-corrected chi connectivity index (χ1v) is 5.55. The van der Waals surface area contributed by atoms with E-state index in [4.69, 9.17) is 5.26 Å². The summed E-state index contributed by atoms with van der Waals surface area (Å²) in [5, 5.41) is 17.9. The second kappa shape index (κ2) is 5.64. The van der Waals surface area contributed by atoms with E-state index in [2.05, 4.69) is 20.5 Å². The van der Waals surface area contributed by atoms with Crippen molar-refractivity contribution in [3.63, 3.8) is 0 Å². The van der Waals surface area contributed by atoms with Crippen LogP contribution in [0.15, 0.2) is 30.6 Å². The van der Waals surface area contributed by atoms with Crippen LogP contribution in [0.3, 0.4) is 0 Å². The van der Waals surface area contributed by atoms with Crippen LogP contribution in [0.2, 0.25) is 0 Å². The van der Waals surface area contributed by atoms with Crippen molar-refractivity contribution in [1.82, 2.24) is 20.1 Å². The maximum atomic E-state index is 11.9. The number of carbonyl (C=O) groups is 1. The zero-order chi connectivity index (χ0) is 13.7. The molecule has 1 heterocycles. The molecule has 0 unspecified atom stereocenters. The lowest BCUT2D eigenvalue weighted by molar-refractivity contribution is 0.219. The molecule has 0 aliphatic rings. The largest absolute Gasteiger partial charge is 0.321 e. The van der Waals surface area contributed by atoms with E-state index in [-0.39, 0.29) is 6.03 Å². The zero-order valence-corrected chi connectivity index (χ0v) is 10.3. The van der Waals surface area contributed by atoms with Gasteiger partial charge in [-0.25, -0.2) is 9.78 Å². The van der Waals surface area contributed by atoms with E-state index in [9.17, 15) is 4.79 Å². The number of H-pyrrole nitrogens is 1. The first kappa shape index (κ1) is 12.6. The van der Waals surface area contributed by atoms with Crippen LogP contribution in [0.5, 0.6) is 0 Å². The number of anilines is 1. The van der Waals surface area contributed by atoms with Crippen LogP contribution in [0.25, 0.3) is 0 Å². The maximum absolute atomic E-state index is 11.9. The van der Waals surface area contributed by atoms with Gasteiger partial charge in [0, 0.05) is 12.7 Å². The normalized spacial score (nSPS) is 9.68. The average Bonchev–Trinajstić information content (AvgIpc) is 2.91. The minimum Gasteiger partial charge on any atom is -0.320 e. The summed E-state index contributed by atoms with van der Waals surface area (Å²) < 4.78 is 0. The Morgan fingerprint density at radius 1 is 1.58 bits per heavy atom.